The highest BCUT2D eigenvalue weighted by molar-refractivity contribution is 7.17. The molecule has 1 spiro atoms. The Morgan fingerprint density at radius 2 is 1.21 bits per heavy atom. The number of nitrogens with one attached hydrogen (secondary N) is 15. The van der Waals surface area contributed by atoms with Gasteiger partial charge in [0.25, 0.3) is 0 Å². The molecule has 2 saturated heterocycles. The van der Waals surface area contributed by atoms with Crippen molar-refractivity contribution in [3.8, 4) is 0 Å². The van der Waals surface area contributed by atoms with E-state index in [1.165, 1.54) is 85.3 Å². The minimum atomic E-state index is -2.13. The molecule has 2 fully saturated rings. The van der Waals surface area contributed by atoms with Crippen LogP contribution in [0.3, 0.4) is 0 Å². The van der Waals surface area contributed by atoms with Gasteiger partial charge in [0, 0.05) is 56.9 Å². The van der Waals surface area contributed by atoms with Gasteiger partial charge in [0.15, 0.2) is 0 Å². The molecule has 5 heterocycles. The number of allylic oxidation sites excluding steroid dienone is 3. The van der Waals surface area contributed by atoms with Crippen molar-refractivity contribution in [2.45, 2.75) is 299 Å². The molecule has 3 aromatic carbocycles. The Labute approximate surface area is 860 Å². The molecular weight excluding hydrogens is 1940 g/mol. The Balaban J connectivity index is 1.04. The number of rotatable bonds is 31. The number of benzene rings is 3. The van der Waals surface area contributed by atoms with E-state index < -0.39 is 233 Å². The van der Waals surface area contributed by atoms with Crippen LogP contribution in [0.4, 0.5) is 9.59 Å². The molecule has 3 aliphatic heterocycles. The number of aldehydes is 1. The molecule has 43 nitrogen and oxygen atoms in total. The summed E-state index contributed by atoms with van der Waals surface area (Å²) in [5.74, 6) is -17.3. The van der Waals surface area contributed by atoms with E-state index in [1.807, 2.05) is 64.7 Å². The molecular formula is C102H140N18O25S2. The lowest BCUT2D eigenvalue weighted by Gasteiger charge is -2.37. The predicted octanol–water partition coefficient (Wildman–Crippen LogP) is 3.66. The Morgan fingerprint density at radius 3 is 1.86 bits per heavy atom. The van der Waals surface area contributed by atoms with E-state index in [9.17, 15) is 107 Å². The number of thiophene rings is 2. The third kappa shape index (κ3) is 37.7. The number of carbonyl (C=O) groups is 20. The molecule has 147 heavy (non-hydrogen) atoms. The van der Waals surface area contributed by atoms with Gasteiger partial charge in [-0.05, 0) is 211 Å². The quantitative estimate of drug-likeness (QED) is 0.0171. The third-order valence-electron chi connectivity index (χ3n) is 25.5. The second-order valence-electron chi connectivity index (χ2n) is 39.0. The summed E-state index contributed by atoms with van der Waals surface area (Å²) in [5, 5.41) is 87.3. The van der Waals surface area contributed by atoms with E-state index in [2.05, 4.69) is 79.8 Å². The second-order valence-corrected chi connectivity index (χ2v) is 40.7. The summed E-state index contributed by atoms with van der Waals surface area (Å²) < 4.78 is 6.56. The number of likely N-dealkylation sites (N-methyl/N-ethyl adjacent to an activating group) is 1. The number of carbonyl (C=O) groups excluding carboxylic acids is 17. The SMILES string of the molecule is CN[C@@H](Cc1ccsc1)C(=O)N[C@@H](Cc1csc2ccccc12)C(=O)N[C@@H](CCC(=O)NCCCC[C@@H]1NC(=O)[C@H](Cc2ccccc2)NC(=O)[C@H](C)NC(=O)C(C)(C)NC(=O)[C@H](Cc2cccc(C(=O)O)c2)NC(=O)[C@H](CC(=O)O)NC(=O)NC(O)[C@H](CC(C)(C)C)NC(=O)[C@H](CC(=O)O)NC(=O)[C@]2(C/C=C\CCCCCC/C=C\CCCOC(=O)N3CC[C@@](C=O)(C3)NC1=O)CCCN2C(C)=O)C(=O)N[C@@H](C)C(N)=O. The zero-order valence-electron chi connectivity index (χ0n) is 84.3. The van der Waals surface area contributed by atoms with Gasteiger partial charge in [-0.1, -0.05) is 119 Å². The number of fused-ring (bicyclic) bond motifs is 3. The lowest BCUT2D eigenvalue weighted by Crippen LogP contribution is -2.64. The van der Waals surface area contributed by atoms with E-state index in [4.69, 9.17) is 10.5 Å². The fourth-order valence-electron chi connectivity index (χ4n) is 17.3. The first-order valence-corrected chi connectivity index (χ1v) is 51.1. The number of aliphatic hydroxyl groups is 1. The van der Waals surface area contributed by atoms with Crippen LogP contribution in [0, 0.1) is 5.41 Å². The zero-order chi connectivity index (χ0) is 108. The highest BCUT2D eigenvalue weighted by Gasteiger charge is 2.50. The molecule has 0 aliphatic carbocycles. The average Bonchev–Trinajstić information content (AvgIpc) is 1.70. The average molecular weight is 2080 g/mol. The van der Waals surface area contributed by atoms with Crippen molar-refractivity contribution in [3.63, 3.8) is 0 Å². The number of ether oxygens (including phenoxy) is 1. The van der Waals surface area contributed by atoms with Crippen molar-refractivity contribution in [3.05, 3.63) is 153 Å². The normalized spacial score (nSPS) is 23.5. The van der Waals surface area contributed by atoms with Crippen molar-refractivity contribution in [2.75, 3.05) is 39.8 Å². The van der Waals surface area contributed by atoms with Crippen molar-refractivity contribution in [1.82, 2.24) is 89.6 Å². The number of primary amides is 1. The lowest BCUT2D eigenvalue weighted by molar-refractivity contribution is -0.146. The summed E-state index contributed by atoms with van der Waals surface area (Å²) in [6.07, 6.45) is 7.47. The first-order chi connectivity index (χ1) is 69.7. The summed E-state index contributed by atoms with van der Waals surface area (Å²) >= 11 is 2.88. The van der Waals surface area contributed by atoms with Gasteiger partial charge in [0.1, 0.15) is 83.5 Å². The highest BCUT2D eigenvalue weighted by Crippen LogP contribution is 2.35. The molecule has 17 amide bonds. The Kier molecular flexibility index (Phi) is 45.9. The third-order valence-corrected chi connectivity index (χ3v) is 27.2. The maximum Gasteiger partial charge on any atom is 0.409 e. The van der Waals surface area contributed by atoms with Gasteiger partial charge < -0.3 is 125 Å². The number of unbranched alkanes of at least 4 members (excludes halogenated alkanes) is 1. The van der Waals surface area contributed by atoms with Crippen LogP contribution >= 0.6 is 22.7 Å². The molecule has 8 rings (SSSR count). The van der Waals surface area contributed by atoms with Crippen molar-refractivity contribution in [2.24, 2.45) is 11.1 Å². The van der Waals surface area contributed by atoms with E-state index >= 15 is 9.59 Å². The first-order valence-electron chi connectivity index (χ1n) is 49.3. The number of nitrogens with zero attached hydrogens (tertiary/aromatic N) is 2. The van der Waals surface area contributed by atoms with E-state index in [0.29, 0.717) is 37.5 Å². The van der Waals surface area contributed by atoms with Crippen LogP contribution < -0.4 is 85.5 Å². The standard InChI is InChI=1S/C102H140N18O25S2/c1-61(83(103)128)106-85(130)71(109-88(133)75(53-68-58-147-79-37-24-23-35-69(68)79)112-86(131)72(104-9)52-66-40-48-146-57-66)38-39-80(123)105-44-27-25-36-70-92(137)118-101(60-121)43-46-119(59-101)98(144)145-47-28-19-17-15-13-11-10-12-14-16-18-26-41-102(42-30-45-120(102)63(3)122)96(142)114-76(54-81(124)125)89(134)113-78(56-99(4,5)6)91(136)116-97(143)115-77(55-82(126)127)90(135)111-74(51-65-33-29-34-67(49-65)94(139)140)93(138)117-100(7,8)95(141)107-62(2)84(129)110-73(87(132)108-70)50-64-31-21-20-22-32-64/h15,17-18,20-24,26,29,31-35,37,40,48-49,57-58,60-62,70-78,91,104,136H,10-14,16,19,25,27-28,30,36,38-39,41-47,50-56,59H2,1-9H3,(H2,103,128)(H,105,123)(H,106,130)(H,107,141)(H,108,132)(H,109,133)(H,110,129)(H,111,135)(H,112,131)(H,113,134)(H,114,142)(H,117,138)(H,118,137)(H,124,125)(H,126,127)(H,139,140)(H2,115,116,143)/b17-15-,26-18-/t61-,62-,70-,71-,72-,73-,74-,75-,76-,77-,78-,91?,101-,102-/m0/s1. The Bertz CT molecular complexity index is 5520. The zero-order valence-corrected chi connectivity index (χ0v) is 85.9. The number of hydrogen-bond acceptors (Lipinski definition) is 25. The molecule has 2 bridgehead atoms. The topological polar surface area (TPSA) is 644 Å². The molecule has 14 atom stereocenters. The number of amides is 17. The molecule has 45 heteroatoms. The van der Waals surface area contributed by atoms with Crippen LogP contribution in [-0.4, -0.2) is 278 Å². The Hall–Kier alpha value is -14.1. The van der Waals surface area contributed by atoms with Crippen LogP contribution in [0.5, 0.6) is 0 Å². The summed E-state index contributed by atoms with van der Waals surface area (Å²) in [6, 6.07) is 4.37. The van der Waals surface area contributed by atoms with Gasteiger partial charge in [-0.15, -0.1) is 11.3 Å². The first kappa shape index (κ1) is 118. The lowest BCUT2D eigenvalue weighted by atomic mass is 9.87. The number of carboxylic acids is 3. The number of aliphatic carboxylic acids is 2. The van der Waals surface area contributed by atoms with Crippen molar-refractivity contribution in [1.29, 1.82) is 0 Å². The Morgan fingerprint density at radius 1 is 0.605 bits per heavy atom. The summed E-state index contributed by atoms with van der Waals surface area (Å²) in [6.45, 7) is 11.0. The number of aromatic carboxylic acids is 1. The predicted molar refractivity (Wildman–Crippen MR) is 544 cm³/mol. The van der Waals surface area contributed by atoms with Gasteiger partial charge in [-0.25, -0.2) is 14.4 Å². The van der Waals surface area contributed by atoms with Crippen LogP contribution in [0.25, 0.3) is 10.1 Å². The number of likely N-dealkylation sites (tertiary alicyclic amines) is 1. The molecule has 3 aliphatic rings. The van der Waals surface area contributed by atoms with E-state index in [0.717, 1.165) is 59.4 Å². The summed E-state index contributed by atoms with van der Waals surface area (Å²) in [5.41, 5.74) is 1.22. The number of urea groups is 1. The molecule has 0 radical (unpaired) electrons. The fourth-order valence-corrected chi connectivity index (χ4v) is 18.9. The number of carboxylic acid groups (broad SMARTS) is 3. The number of nitrogens with two attached hydrogens (primary N) is 1. The van der Waals surface area contributed by atoms with Gasteiger partial charge in [-0.3, -0.25) is 76.7 Å². The van der Waals surface area contributed by atoms with Crippen LogP contribution in [-0.2, 0) is 112 Å². The monoisotopic (exact) mass is 2080 g/mol. The van der Waals surface area contributed by atoms with E-state index in [1.54, 1.807) is 64.2 Å². The van der Waals surface area contributed by atoms with Gasteiger partial charge >= 0.3 is 30.0 Å². The van der Waals surface area contributed by atoms with Gasteiger partial charge in [0.05, 0.1) is 43.6 Å². The van der Waals surface area contributed by atoms with Crippen molar-refractivity contribution < 1.29 is 121 Å². The minimum Gasteiger partial charge on any atom is -0.481 e. The highest BCUT2D eigenvalue weighted by atomic mass is 32.1. The summed E-state index contributed by atoms with van der Waals surface area (Å²) in [7, 11) is 1.61. The molecule has 0 saturated carbocycles. The molecule has 21 N–H and O–H groups in total. The molecule has 800 valence electrons. The smallest absolute Gasteiger partial charge is 0.409 e. The number of aliphatic hydroxyl groups excluding tert-OH is 1. The largest absolute Gasteiger partial charge is 0.481 e. The van der Waals surface area contributed by atoms with E-state index in [-0.39, 0.29) is 115 Å². The van der Waals surface area contributed by atoms with Crippen molar-refractivity contribution >= 4 is 152 Å². The number of hydrogen-bond donors (Lipinski definition) is 20. The van der Waals surface area contributed by atoms with Gasteiger partial charge in [0.2, 0.25) is 82.7 Å². The second kappa shape index (κ2) is 57.1. The number of cyclic esters (lactones) is 1. The fraction of sp³-hybridized carbons (Fsp3) is 0.529. The van der Waals surface area contributed by atoms with Crippen LogP contribution in [0.2, 0.25) is 0 Å². The summed E-state index contributed by atoms with van der Waals surface area (Å²) in [4.78, 5) is 281. The minimum absolute atomic E-state index is 0.00488. The van der Waals surface area contributed by atoms with Gasteiger partial charge in [-0.2, -0.15) is 11.3 Å². The maximum atomic E-state index is 15.1. The van der Waals surface area contributed by atoms with Crippen LogP contribution in [0.15, 0.2) is 125 Å². The molecule has 2 aromatic heterocycles. The molecule has 1 unspecified atom stereocenters. The maximum absolute atomic E-state index is 15.1. The van der Waals surface area contributed by atoms with Crippen LogP contribution in [0.1, 0.15) is 216 Å². The molecule has 5 aromatic rings.